The highest BCUT2D eigenvalue weighted by Gasteiger charge is 2.18. The second-order valence-electron chi connectivity index (χ2n) is 5.69. The lowest BCUT2D eigenvalue weighted by Gasteiger charge is -2.21. The van der Waals surface area contributed by atoms with Crippen LogP contribution in [0.1, 0.15) is 59.6 Å². The molecular formula is C17H24N2O. The van der Waals surface area contributed by atoms with Gasteiger partial charge >= 0.3 is 0 Å². The van der Waals surface area contributed by atoms with Gasteiger partial charge in [-0.25, -0.2) is 0 Å². The van der Waals surface area contributed by atoms with Crippen molar-refractivity contribution in [3.05, 3.63) is 51.9 Å². The number of hydrogen-bond acceptors (Lipinski definition) is 3. The van der Waals surface area contributed by atoms with Crippen LogP contribution >= 0.6 is 0 Å². The molecule has 0 amide bonds. The van der Waals surface area contributed by atoms with Crippen molar-refractivity contribution in [3.63, 3.8) is 0 Å². The summed E-state index contributed by atoms with van der Waals surface area (Å²) in [6, 6.07) is 7.15. The molecule has 0 spiro atoms. The molecule has 2 aromatic rings. The summed E-state index contributed by atoms with van der Waals surface area (Å²) < 4.78 is 5.25. The third-order valence-corrected chi connectivity index (χ3v) is 4.05. The minimum Gasteiger partial charge on any atom is -0.361 e. The van der Waals surface area contributed by atoms with Crippen LogP contribution in [0.25, 0.3) is 0 Å². The average Bonchev–Trinajstić information content (AvgIpc) is 2.72. The number of nitrogens with one attached hydrogen (secondary N) is 1. The Kier molecular flexibility index (Phi) is 4.29. The first-order chi connectivity index (χ1) is 9.40. The van der Waals surface area contributed by atoms with Gasteiger partial charge in [-0.05, 0) is 58.2 Å². The van der Waals surface area contributed by atoms with Crippen LogP contribution in [0.3, 0.4) is 0 Å². The van der Waals surface area contributed by atoms with E-state index >= 15 is 0 Å². The molecule has 0 aliphatic heterocycles. The van der Waals surface area contributed by atoms with E-state index < -0.39 is 0 Å². The summed E-state index contributed by atoms with van der Waals surface area (Å²) in [6.07, 6.45) is 0. The molecule has 0 aliphatic carbocycles. The van der Waals surface area contributed by atoms with Crippen LogP contribution in [0.2, 0.25) is 0 Å². The highest BCUT2D eigenvalue weighted by atomic mass is 16.5. The smallest absolute Gasteiger partial charge is 0.138 e. The standard InChI is InChI=1S/C17H24N2O/c1-10-7-8-16(9-11(10)2)12(3)18-13(4)17-14(5)19-20-15(17)6/h7-9,12-13,18H,1-6H3. The van der Waals surface area contributed by atoms with Crippen LogP contribution in [-0.4, -0.2) is 5.16 Å². The Labute approximate surface area is 121 Å². The normalized spacial score (nSPS) is 14.3. The minimum absolute atomic E-state index is 0.220. The van der Waals surface area contributed by atoms with Gasteiger partial charge in [0, 0.05) is 17.6 Å². The van der Waals surface area contributed by atoms with Crippen LogP contribution in [0.5, 0.6) is 0 Å². The van der Waals surface area contributed by atoms with Crippen LogP contribution in [-0.2, 0) is 0 Å². The van der Waals surface area contributed by atoms with Gasteiger partial charge in [0.05, 0.1) is 5.69 Å². The van der Waals surface area contributed by atoms with E-state index in [-0.39, 0.29) is 12.1 Å². The van der Waals surface area contributed by atoms with Gasteiger partial charge in [-0.15, -0.1) is 0 Å². The molecule has 3 nitrogen and oxygen atoms in total. The molecule has 2 atom stereocenters. The summed E-state index contributed by atoms with van der Waals surface area (Å²) in [7, 11) is 0. The lowest BCUT2D eigenvalue weighted by Crippen LogP contribution is -2.23. The molecule has 1 heterocycles. The summed E-state index contributed by atoms with van der Waals surface area (Å²) >= 11 is 0. The first kappa shape index (κ1) is 14.8. The zero-order chi connectivity index (χ0) is 14.9. The monoisotopic (exact) mass is 272 g/mol. The number of rotatable bonds is 4. The fraction of sp³-hybridized carbons (Fsp3) is 0.471. The fourth-order valence-corrected chi connectivity index (χ4v) is 2.70. The molecule has 0 bridgehead atoms. The van der Waals surface area contributed by atoms with Crippen molar-refractivity contribution in [1.29, 1.82) is 0 Å². The maximum atomic E-state index is 5.25. The quantitative estimate of drug-likeness (QED) is 0.900. The molecular weight excluding hydrogens is 248 g/mol. The molecule has 0 saturated heterocycles. The first-order valence-electron chi connectivity index (χ1n) is 7.16. The molecule has 2 unspecified atom stereocenters. The van der Waals surface area contributed by atoms with E-state index in [1.165, 1.54) is 22.3 Å². The van der Waals surface area contributed by atoms with Gasteiger partial charge in [-0.2, -0.15) is 0 Å². The van der Waals surface area contributed by atoms with Crippen LogP contribution in [0, 0.1) is 27.7 Å². The topological polar surface area (TPSA) is 38.1 Å². The van der Waals surface area contributed by atoms with E-state index in [9.17, 15) is 0 Å². The highest BCUT2D eigenvalue weighted by molar-refractivity contribution is 5.32. The third-order valence-electron chi connectivity index (χ3n) is 4.05. The number of aryl methyl sites for hydroxylation is 4. The molecule has 0 saturated carbocycles. The number of nitrogens with zero attached hydrogens (tertiary/aromatic N) is 1. The maximum Gasteiger partial charge on any atom is 0.138 e. The van der Waals surface area contributed by atoms with Crippen molar-refractivity contribution in [3.8, 4) is 0 Å². The summed E-state index contributed by atoms with van der Waals surface area (Å²) in [5, 5.41) is 7.65. The zero-order valence-electron chi connectivity index (χ0n) is 13.2. The second kappa shape index (κ2) is 5.80. The molecule has 1 N–H and O–H groups in total. The van der Waals surface area contributed by atoms with E-state index in [2.05, 4.69) is 56.4 Å². The number of hydrogen-bond donors (Lipinski definition) is 1. The fourth-order valence-electron chi connectivity index (χ4n) is 2.70. The summed E-state index contributed by atoms with van der Waals surface area (Å²) in [4.78, 5) is 0. The van der Waals surface area contributed by atoms with Crippen molar-refractivity contribution in [2.75, 3.05) is 0 Å². The Morgan fingerprint density at radius 2 is 1.70 bits per heavy atom. The lowest BCUT2D eigenvalue weighted by molar-refractivity contribution is 0.389. The van der Waals surface area contributed by atoms with Gasteiger partial charge in [-0.3, -0.25) is 0 Å². The molecule has 1 aromatic heterocycles. The van der Waals surface area contributed by atoms with Crippen molar-refractivity contribution >= 4 is 0 Å². The maximum absolute atomic E-state index is 5.25. The van der Waals surface area contributed by atoms with Gasteiger partial charge in [0.15, 0.2) is 0 Å². The Morgan fingerprint density at radius 1 is 1.00 bits per heavy atom. The van der Waals surface area contributed by atoms with Crippen molar-refractivity contribution in [2.45, 2.75) is 53.6 Å². The minimum atomic E-state index is 0.220. The predicted molar refractivity (Wildman–Crippen MR) is 81.9 cm³/mol. The molecule has 3 heteroatoms. The Bertz CT molecular complexity index is 582. The predicted octanol–water partition coefficient (Wildman–Crippen LogP) is 4.32. The highest BCUT2D eigenvalue weighted by Crippen LogP contribution is 2.25. The Hall–Kier alpha value is -1.61. The van der Waals surface area contributed by atoms with E-state index in [1.807, 2.05) is 13.8 Å². The van der Waals surface area contributed by atoms with Gasteiger partial charge in [0.2, 0.25) is 0 Å². The van der Waals surface area contributed by atoms with E-state index in [0.29, 0.717) is 0 Å². The van der Waals surface area contributed by atoms with Crippen molar-refractivity contribution in [2.24, 2.45) is 0 Å². The largest absolute Gasteiger partial charge is 0.361 e. The van der Waals surface area contributed by atoms with Crippen molar-refractivity contribution in [1.82, 2.24) is 10.5 Å². The zero-order valence-corrected chi connectivity index (χ0v) is 13.2. The number of aromatic nitrogens is 1. The first-order valence-corrected chi connectivity index (χ1v) is 7.16. The van der Waals surface area contributed by atoms with Gasteiger partial charge in [0.25, 0.3) is 0 Å². The second-order valence-corrected chi connectivity index (χ2v) is 5.69. The summed E-state index contributed by atoms with van der Waals surface area (Å²) in [5.74, 6) is 0.898. The average molecular weight is 272 g/mol. The van der Waals surface area contributed by atoms with E-state index in [0.717, 1.165) is 11.5 Å². The van der Waals surface area contributed by atoms with Crippen LogP contribution in [0.15, 0.2) is 22.7 Å². The Morgan fingerprint density at radius 3 is 2.25 bits per heavy atom. The lowest BCUT2D eigenvalue weighted by atomic mass is 10.00. The van der Waals surface area contributed by atoms with E-state index in [4.69, 9.17) is 4.52 Å². The third kappa shape index (κ3) is 2.93. The molecule has 0 radical (unpaired) electrons. The van der Waals surface area contributed by atoms with Crippen molar-refractivity contribution < 1.29 is 4.52 Å². The Balaban J connectivity index is 2.15. The summed E-state index contributed by atoms with van der Waals surface area (Å²) in [6.45, 7) is 12.6. The number of benzene rings is 1. The molecule has 20 heavy (non-hydrogen) atoms. The van der Waals surface area contributed by atoms with Crippen LogP contribution < -0.4 is 5.32 Å². The molecule has 0 fully saturated rings. The van der Waals surface area contributed by atoms with E-state index in [1.54, 1.807) is 0 Å². The summed E-state index contributed by atoms with van der Waals surface area (Å²) in [5.41, 5.74) is 6.11. The van der Waals surface area contributed by atoms with Gasteiger partial charge < -0.3 is 9.84 Å². The van der Waals surface area contributed by atoms with Crippen LogP contribution in [0.4, 0.5) is 0 Å². The molecule has 108 valence electrons. The SMILES string of the molecule is Cc1ccc(C(C)NC(C)c2c(C)noc2C)cc1C. The molecule has 1 aromatic carbocycles. The van der Waals surface area contributed by atoms with Gasteiger partial charge in [0.1, 0.15) is 5.76 Å². The molecule has 0 aliphatic rings. The molecule has 2 rings (SSSR count). The van der Waals surface area contributed by atoms with Gasteiger partial charge in [-0.1, -0.05) is 23.4 Å².